The van der Waals surface area contributed by atoms with Gasteiger partial charge in [-0.25, -0.2) is 13.4 Å². The molecule has 0 aliphatic carbocycles. The molecule has 0 radical (unpaired) electrons. The Labute approximate surface area is 134 Å². The Morgan fingerprint density at radius 3 is 2.68 bits per heavy atom. The lowest BCUT2D eigenvalue weighted by atomic mass is 10.2. The quantitative estimate of drug-likeness (QED) is 0.848. The molecule has 0 aliphatic rings. The van der Waals surface area contributed by atoms with E-state index in [0.29, 0.717) is 0 Å². The minimum absolute atomic E-state index is 0.0643. The monoisotopic (exact) mass is 338 g/mol. The number of aromatic nitrogens is 1. The number of para-hydroxylation sites is 1. The fraction of sp³-hybridized carbons (Fsp3) is 0.333. The van der Waals surface area contributed by atoms with Gasteiger partial charge in [-0.2, -0.15) is 0 Å². The van der Waals surface area contributed by atoms with Gasteiger partial charge in [0.15, 0.2) is 9.84 Å². The molecule has 0 fully saturated rings. The standard InChI is InChI=1S/C15H18N2O3S2/c1-15(2,22(3,19)20)10-16-13(18)8-9-14-17-11-6-4-5-7-12(11)21-14/h4-9H,10H2,1-3H3,(H,16,18). The zero-order valence-corrected chi connectivity index (χ0v) is 14.3. The van der Waals surface area contributed by atoms with Crippen molar-refractivity contribution in [1.82, 2.24) is 10.3 Å². The van der Waals surface area contributed by atoms with E-state index in [1.165, 1.54) is 17.4 Å². The Morgan fingerprint density at radius 1 is 1.36 bits per heavy atom. The summed E-state index contributed by atoms with van der Waals surface area (Å²) >= 11 is 1.49. The Bertz CT molecular complexity index is 787. The highest BCUT2D eigenvalue weighted by atomic mass is 32.2. The molecule has 1 heterocycles. The number of nitrogens with zero attached hydrogens (tertiary/aromatic N) is 1. The number of hydrogen-bond donors (Lipinski definition) is 1. The van der Waals surface area contributed by atoms with Crippen molar-refractivity contribution in [1.29, 1.82) is 0 Å². The second-order valence-corrected chi connectivity index (χ2v) is 9.31. The van der Waals surface area contributed by atoms with Gasteiger partial charge in [0.1, 0.15) is 5.01 Å². The maximum absolute atomic E-state index is 11.8. The second-order valence-electron chi connectivity index (χ2n) is 5.60. The molecule has 0 aliphatic heterocycles. The van der Waals surface area contributed by atoms with Crippen molar-refractivity contribution >= 4 is 43.4 Å². The van der Waals surface area contributed by atoms with Crippen LogP contribution < -0.4 is 5.32 Å². The van der Waals surface area contributed by atoms with Crippen molar-refractivity contribution in [3.8, 4) is 0 Å². The van der Waals surface area contributed by atoms with Crippen molar-refractivity contribution in [2.45, 2.75) is 18.6 Å². The summed E-state index contributed by atoms with van der Waals surface area (Å²) < 4.78 is 23.2. The molecule has 1 amide bonds. The number of nitrogens with one attached hydrogen (secondary N) is 1. The summed E-state index contributed by atoms with van der Waals surface area (Å²) in [6, 6.07) is 7.74. The molecule has 2 rings (SSSR count). The zero-order chi connectivity index (χ0) is 16.4. The molecule has 1 aromatic carbocycles. The first-order valence-electron chi connectivity index (χ1n) is 6.70. The number of amides is 1. The highest BCUT2D eigenvalue weighted by Crippen LogP contribution is 2.22. The minimum Gasteiger partial charge on any atom is -0.351 e. The van der Waals surface area contributed by atoms with Crippen LogP contribution in [0.4, 0.5) is 0 Å². The van der Waals surface area contributed by atoms with Gasteiger partial charge in [-0.15, -0.1) is 11.3 Å². The van der Waals surface area contributed by atoms with Gasteiger partial charge in [0.2, 0.25) is 5.91 Å². The van der Waals surface area contributed by atoms with Crippen LogP contribution in [0.5, 0.6) is 0 Å². The van der Waals surface area contributed by atoms with E-state index < -0.39 is 14.6 Å². The molecule has 1 aromatic heterocycles. The molecule has 0 bridgehead atoms. The normalized spacial score (nSPS) is 12.9. The Morgan fingerprint density at radius 2 is 2.05 bits per heavy atom. The lowest BCUT2D eigenvalue weighted by Gasteiger charge is -2.22. The number of carbonyl (C=O) groups excluding carboxylic acids is 1. The zero-order valence-electron chi connectivity index (χ0n) is 12.7. The maximum Gasteiger partial charge on any atom is 0.244 e. The van der Waals surface area contributed by atoms with E-state index in [2.05, 4.69) is 10.3 Å². The number of thiazole rings is 1. The third-order valence-corrected chi connectivity index (χ3v) is 6.53. The van der Waals surface area contributed by atoms with Crippen LogP contribution in [0.15, 0.2) is 30.3 Å². The number of rotatable bonds is 5. The van der Waals surface area contributed by atoms with Gasteiger partial charge in [0, 0.05) is 18.9 Å². The molecular formula is C15H18N2O3S2. The summed E-state index contributed by atoms with van der Waals surface area (Å²) in [4.78, 5) is 16.2. The predicted molar refractivity (Wildman–Crippen MR) is 90.6 cm³/mol. The molecule has 0 spiro atoms. The van der Waals surface area contributed by atoms with Gasteiger partial charge in [0.05, 0.1) is 15.0 Å². The summed E-state index contributed by atoms with van der Waals surface area (Å²) in [7, 11) is -3.23. The third-order valence-electron chi connectivity index (χ3n) is 3.38. The molecule has 5 nitrogen and oxygen atoms in total. The van der Waals surface area contributed by atoms with Gasteiger partial charge in [0.25, 0.3) is 0 Å². The lowest BCUT2D eigenvalue weighted by molar-refractivity contribution is -0.116. The predicted octanol–water partition coefficient (Wildman–Crippen LogP) is 2.25. The van der Waals surface area contributed by atoms with E-state index in [-0.39, 0.29) is 12.5 Å². The summed E-state index contributed by atoms with van der Waals surface area (Å²) in [6.45, 7) is 3.23. The highest BCUT2D eigenvalue weighted by Gasteiger charge is 2.30. The van der Waals surface area contributed by atoms with Crippen LogP contribution in [0.2, 0.25) is 0 Å². The maximum atomic E-state index is 11.8. The van der Waals surface area contributed by atoms with Gasteiger partial charge in [-0.3, -0.25) is 4.79 Å². The first-order valence-corrected chi connectivity index (χ1v) is 9.41. The largest absolute Gasteiger partial charge is 0.351 e. The van der Waals surface area contributed by atoms with Gasteiger partial charge in [-0.1, -0.05) is 12.1 Å². The second kappa shape index (κ2) is 6.18. The van der Waals surface area contributed by atoms with Crippen molar-refractivity contribution in [2.24, 2.45) is 0 Å². The third kappa shape index (κ3) is 3.92. The van der Waals surface area contributed by atoms with Crippen LogP contribution in [0.3, 0.4) is 0 Å². The van der Waals surface area contributed by atoms with Gasteiger partial charge >= 0.3 is 0 Å². The Balaban J connectivity index is 2.00. The van der Waals surface area contributed by atoms with E-state index in [1.54, 1.807) is 19.9 Å². The fourth-order valence-electron chi connectivity index (χ4n) is 1.60. The van der Waals surface area contributed by atoms with Crippen LogP contribution in [0, 0.1) is 0 Å². The van der Waals surface area contributed by atoms with E-state index in [0.717, 1.165) is 21.5 Å². The number of sulfone groups is 1. The van der Waals surface area contributed by atoms with Crippen molar-refractivity contribution in [3.63, 3.8) is 0 Å². The SMILES string of the molecule is CC(C)(CNC(=O)C=Cc1nc2ccccc2s1)S(C)(=O)=O. The van der Waals surface area contributed by atoms with E-state index in [9.17, 15) is 13.2 Å². The first-order chi connectivity index (χ1) is 10.2. The molecule has 7 heteroatoms. The van der Waals surface area contributed by atoms with Crippen molar-refractivity contribution in [3.05, 3.63) is 35.3 Å². The number of fused-ring (bicyclic) bond motifs is 1. The number of benzene rings is 1. The molecule has 0 saturated carbocycles. The Hall–Kier alpha value is -1.73. The highest BCUT2D eigenvalue weighted by molar-refractivity contribution is 7.92. The van der Waals surface area contributed by atoms with Crippen molar-refractivity contribution < 1.29 is 13.2 Å². The first kappa shape index (κ1) is 16.6. The summed E-state index contributed by atoms with van der Waals surface area (Å²) in [5.41, 5.74) is 0.894. The smallest absolute Gasteiger partial charge is 0.244 e. The molecule has 1 N–H and O–H groups in total. The molecule has 0 atom stereocenters. The molecular weight excluding hydrogens is 320 g/mol. The molecule has 0 saturated heterocycles. The average molecular weight is 338 g/mol. The Kier molecular flexibility index (Phi) is 4.67. The average Bonchev–Trinajstić information content (AvgIpc) is 2.84. The van der Waals surface area contributed by atoms with E-state index >= 15 is 0 Å². The summed E-state index contributed by atoms with van der Waals surface area (Å²) in [6.07, 6.45) is 4.17. The van der Waals surface area contributed by atoms with E-state index in [4.69, 9.17) is 0 Å². The van der Waals surface area contributed by atoms with Gasteiger partial charge < -0.3 is 5.32 Å². The van der Waals surface area contributed by atoms with Gasteiger partial charge in [-0.05, 0) is 32.1 Å². The summed E-state index contributed by atoms with van der Waals surface area (Å²) in [5, 5.41) is 3.34. The van der Waals surface area contributed by atoms with Crippen LogP contribution in [-0.2, 0) is 14.6 Å². The minimum atomic E-state index is -3.23. The molecule has 118 valence electrons. The fourth-order valence-corrected chi connectivity index (χ4v) is 2.80. The molecule has 2 aromatic rings. The van der Waals surface area contributed by atoms with Crippen LogP contribution in [0.25, 0.3) is 16.3 Å². The molecule has 0 unspecified atom stereocenters. The van der Waals surface area contributed by atoms with Crippen LogP contribution in [0.1, 0.15) is 18.9 Å². The summed E-state index contributed by atoms with van der Waals surface area (Å²) in [5.74, 6) is -0.337. The number of carbonyl (C=O) groups is 1. The molecule has 22 heavy (non-hydrogen) atoms. The number of hydrogen-bond acceptors (Lipinski definition) is 5. The van der Waals surface area contributed by atoms with Crippen molar-refractivity contribution in [2.75, 3.05) is 12.8 Å². The topological polar surface area (TPSA) is 76.1 Å². The lowest BCUT2D eigenvalue weighted by Crippen LogP contribution is -2.43. The van der Waals surface area contributed by atoms with Crippen LogP contribution >= 0.6 is 11.3 Å². The van der Waals surface area contributed by atoms with Crippen LogP contribution in [-0.4, -0.2) is 36.9 Å². The van der Waals surface area contributed by atoms with E-state index in [1.807, 2.05) is 24.3 Å².